The number of nitrogens with zero attached hydrogens (tertiary/aromatic N) is 3. The van der Waals surface area contributed by atoms with Crippen molar-refractivity contribution in [3.8, 4) is 0 Å². The quantitative estimate of drug-likeness (QED) is 0.557. The van der Waals surface area contributed by atoms with Gasteiger partial charge in [0.05, 0.1) is 22.3 Å². The first-order valence-corrected chi connectivity index (χ1v) is 11.8. The molecule has 164 valence electrons. The number of carbonyl (C=O) groups excluding carboxylic acids is 2. The second kappa shape index (κ2) is 9.02. The van der Waals surface area contributed by atoms with Gasteiger partial charge in [-0.25, -0.2) is 28.0 Å². The molecular weight excluding hydrogens is 444 g/mol. The molecule has 1 aliphatic rings. The summed E-state index contributed by atoms with van der Waals surface area (Å²) in [6.07, 6.45) is -0.138. The van der Waals surface area contributed by atoms with Crippen molar-refractivity contribution in [2.45, 2.75) is 36.8 Å². The summed E-state index contributed by atoms with van der Waals surface area (Å²) in [5, 5.41) is 8.06. The Labute approximate surface area is 183 Å². The normalized spacial score (nSPS) is 16.6. The first kappa shape index (κ1) is 22.7. The summed E-state index contributed by atoms with van der Waals surface area (Å²) in [5.74, 6) is -1.67. The number of thioether (sulfide) groups is 1. The van der Waals surface area contributed by atoms with Crippen molar-refractivity contribution in [2.24, 2.45) is 0 Å². The zero-order valence-electron chi connectivity index (χ0n) is 16.7. The molecule has 2 amide bonds. The summed E-state index contributed by atoms with van der Waals surface area (Å²) in [5.41, 5.74) is 1.47. The third kappa shape index (κ3) is 5.39. The largest absolute Gasteiger partial charge is 0.481 e. The second-order valence-corrected chi connectivity index (χ2v) is 9.84. The number of hydrogen-bond acceptors (Lipinski definition) is 8. The molecule has 0 spiro atoms. The molecule has 0 aliphatic carbocycles. The van der Waals surface area contributed by atoms with E-state index in [1.807, 2.05) is 0 Å². The van der Waals surface area contributed by atoms with E-state index in [4.69, 9.17) is 5.11 Å². The van der Waals surface area contributed by atoms with E-state index in [-0.39, 0.29) is 35.1 Å². The van der Waals surface area contributed by atoms with Gasteiger partial charge in [-0.05, 0) is 44.2 Å². The van der Waals surface area contributed by atoms with E-state index in [1.165, 1.54) is 24.3 Å². The van der Waals surface area contributed by atoms with Crippen molar-refractivity contribution in [1.82, 2.24) is 9.97 Å². The summed E-state index contributed by atoms with van der Waals surface area (Å²) in [6.45, 7) is 3.44. The van der Waals surface area contributed by atoms with Crippen LogP contribution < -0.4 is 9.62 Å². The third-order valence-electron chi connectivity index (χ3n) is 4.35. The number of anilines is 2. The predicted molar refractivity (Wildman–Crippen MR) is 114 cm³/mol. The average Bonchev–Trinajstić information content (AvgIpc) is 2.94. The number of carboxylic acid groups (broad SMARTS) is 1. The van der Waals surface area contributed by atoms with Crippen molar-refractivity contribution in [1.29, 1.82) is 0 Å². The molecule has 1 fully saturated rings. The van der Waals surface area contributed by atoms with Crippen LogP contribution in [-0.4, -0.2) is 52.3 Å². The van der Waals surface area contributed by atoms with Gasteiger partial charge in [-0.3, -0.25) is 14.4 Å². The Bertz CT molecular complexity index is 1110. The molecule has 2 aromatic rings. The molecule has 1 unspecified atom stereocenters. The van der Waals surface area contributed by atoms with Gasteiger partial charge in [0.2, 0.25) is 17.8 Å². The molecule has 2 N–H and O–H groups in total. The standard InChI is InChI=1S/C19H20N4O6S2/c1-11-9-12(2)21-19(20-11)22-31(28,29)14-5-3-13(4-6-14)23-16(24)10-15(18(23)27)30-8-7-17(25)26/h3-6,9,15H,7-8,10H2,1-2H3,(H,25,26)(H,20,21,22). The number of aromatic nitrogens is 2. The number of amides is 2. The molecule has 10 nitrogen and oxygen atoms in total. The summed E-state index contributed by atoms with van der Waals surface area (Å²) in [6, 6.07) is 7.02. The van der Waals surface area contributed by atoms with Crippen molar-refractivity contribution >= 4 is 51.2 Å². The number of hydrogen-bond donors (Lipinski definition) is 2. The molecule has 0 radical (unpaired) electrons. The van der Waals surface area contributed by atoms with Crippen LogP contribution in [0.3, 0.4) is 0 Å². The van der Waals surface area contributed by atoms with Crippen LogP contribution in [0.15, 0.2) is 35.2 Å². The molecule has 31 heavy (non-hydrogen) atoms. The van der Waals surface area contributed by atoms with Crippen LogP contribution in [0.1, 0.15) is 24.2 Å². The van der Waals surface area contributed by atoms with Crippen molar-refractivity contribution in [3.05, 3.63) is 41.7 Å². The topological polar surface area (TPSA) is 147 Å². The van der Waals surface area contributed by atoms with Gasteiger partial charge in [0.15, 0.2) is 0 Å². The molecule has 1 aliphatic heterocycles. The minimum atomic E-state index is -3.97. The Morgan fingerprint density at radius 2 is 1.81 bits per heavy atom. The molecule has 1 aromatic carbocycles. The second-order valence-electron chi connectivity index (χ2n) is 6.85. The Morgan fingerprint density at radius 3 is 2.39 bits per heavy atom. The molecule has 1 aromatic heterocycles. The predicted octanol–water partition coefficient (Wildman–Crippen LogP) is 1.73. The number of nitrogens with one attached hydrogen (secondary N) is 1. The van der Waals surface area contributed by atoms with E-state index < -0.39 is 33.1 Å². The van der Waals surface area contributed by atoms with Gasteiger partial charge in [0.1, 0.15) is 0 Å². The van der Waals surface area contributed by atoms with Gasteiger partial charge in [-0.2, -0.15) is 0 Å². The summed E-state index contributed by atoms with van der Waals surface area (Å²) < 4.78 is 27.6. The lowest BCUT2D eigenvalue weighted by atomic mass is 10.3. The monoisotopic (exact) mass is 464 g/mol. The smallest absolute Gasteiger partial charge is 0.304 e. The fraction of sp³-hybridized carbons (Fsp3) is 0.316. The maximum Gasteiger partial charge on any atom is 0.304 e. The van der Waals surface area contributed by atoms with Gasteiger partial charge >= 0.3 is 5.97 Å². The highest BCUT2D eigenvalue weighted by atomic mass is 32.2. The maximum atomic E-state index is 12.6. The highest BCUT2D eigenvalue weighted by Gasteiger charge is 2.39. The minimum Gasteiger partial charge on any atom is -0.481 e. The van der Waals surface area contributed by atoms with E-state index in [1.54, 1.807) is 19.9 Å². The third-order valence-corrected chi connectivity index (χ3v) is 6.91. The molecule has 0 saturated carbocycles. The summed E-state index contributed by atoms with van der Waals surface area (Å²) in [7, 11) is -3.97. The first-order valence-electron chi connectivity index (χ1n) is 9.22. The number of benzene rings is 1. The SMILES string of the molecule is Cc1cc(C)nc(NS(=O)(=O)c2ccc(N3C(=O)CC(SCCC(=O)O)C3=O)cc2)n1. The van der Waals surface area contributed by atoms with Crippen LogP contribution in [0, 0.1) is 13.8 Å². The van der Waals surface area contributed by atoms with Gasteiger partial charge in [0.25, 0.3) is 10.0 Å². The van der Waals surface area contributed by atoms with Crippen molar-refractivity contribution in [2.75, 3.05) is 15.4 Å². The van der Waals surface area contributed by atoms with Crippen LogP contribution in [0.25, 0.3) is 0 Å². The molecule has 12 heteroatoms. The van der Waals surface area contributed by atoms with Gasteiger partial charge in [-0.1, -0.05) is 0 Å². The highest BCUT2D eigenvalue weighted by molar-refractivity contribution is 8.00. The lowest BCUT2D eigenvalue weighted by Gasteiger charge is -2.15. The number of imide groups is 1. The average molecular weight is 465 g/mol. The van der Waals surface area contributed by atoms with E-state index in [0.29, 0.717) is 11.4 Å². The van der Waals surface area contributed by atoms with Crippen molar-refractivity contribution < 1.29 is 27.9 Å². The van der Waals surface area contributed by atoms with Gasteiger partial charge in [-0.15, -0.1) is 11.8 Å². The van der Waals surface area contributed by atoms with E-state index >= 15 is 0 Å². The number of rotatable bonds is 8. The maximum absolute atomic E-state index is 12.6. The Morgan fingerprint density at radius 1 is 1.19 bits per heavy atom. The van der Waals surface area contributed by atoms with Crippen LogP contribution in [-0.2, 0) is 24.4 Å². The van der Waals surface area contributed by atoms with Crippen LogP contribution in [0.2, 0.25) is 0 Å². The Balaban J connectivity index is 1.74. The molecule has 0 bridgehead atoms. The van der Waals surface area contributed by atoms with Crippen LogP contribution in [0.5, 0.6) is 0 Å². The van der Waals surface area contributed by atoms with Gasteiger partial charge in [0, 0.05) is 23.6 Å². The van der Waals surface area contributed by atoms with Crippen molar-refractivity contribution in [3.63, 3.8) is 0 Å². The number of aryl methyl sites for hydroxylation is 2. The molecular formula is C19H20N4O6S2. The fourth-order valence-corrected chi connectivity index (χ4v) is 5.05. The molecule has 2 heterocycles. The molecule has 1 saturated heterocycles. The number of sulfonamides is 1. The Hall–Kier alpha value is -2.99. The highest BCUT2D eigenvalue weighted by Crippen LogP contribution is 2.30. The first-order chi connectivity index (χ1) is 14.6. The number of carboxylic acids is 1. The number of aliphatic carboxylic acids is 1. The lowest BCUT2D eigenvalue weighted by molar-refractivity contribution is -0.136. The Kier molecular flexibility index (Phi) is 6.60. The summed E-state index contributed by atoms with van der Waals surface area (Å²) >= 11 is 1.12. The summed E-state index contributed by atoms with van der Waals surface area (Å²) in [4.78, 5) is 44.5. The molecule has 1 atom stereocenters. The van der Waals surface area contributed by atoms with E-state index in [9.17, 15) is 22.8 Å². The van der Waals surface area contributed by atoms with Crippen LogP contribution in [0.4, 0.5) is 11.6 Å². The lowest BCUT2D eigenvalue weighted by Crippen LogP contribution is -2.31. The number of carbonyl (C=O) groups is 3. The van der Waals surface area contributed by atoms with Gasteiger partial charge < -0.3 is 5.11 Å². The zero-order valence-corrected chi connectivity index (χ0v) is 18.4. The minimum absolute atomic E-state index is 0.0330. The van der Waals surface area contributed by atoms with Crippen LogP contribution >= 0.6 is 11.8 Å². The van der Waals surface area contributed by atoms with E-state index in [2.05, 4.69) is 14.7 Å². The fourth-order valence-electron chi connectivity index (χ4n) is 3.02. The van der Waals surface area contributed by atoms with E-state index in [0.717, 1.165) is 16.7 Å². The zero-order chi connectivity index (χ0) is 22.8. The molecule has 3 rings (SSSR count).